The maximum atomic E-state index is 11.8. The average Bonchev–Trinajstić information content (AvgIpc) is 1.99. The fourth-order valence-corrected chi connectivity index (χ4v) is 1.10. The molecule has 0 amide bonds. The lowest BCUT2D eigenvalue weighted by Crippen LogP contribution is -2.17. The van der Waals surface area contributed by atoms with E-state index in [-0.39, 0.29) is 10.6 Å². The van der Waals surface area contributed by atoms with Crippen molar-refractivity contribution in [2.45, 2.75) is 6.36 Å². The molecule has 0 spiro atoms. The second-order valence-corrected chi connectivity index (χ2v) is 2.96. The van der Waals surface area contributed by atoms with Gasteiger partial charge in [-0.15, -0.1) is 13.2 Å². The van der Waals surface area contributed by atoms with Gasteiger partial charge in [-0.05, 0) is 18.2 Å². The molecule has 3 nitrogen and oxygen atoms in total. The zero-order chi connectivity index (χ0) is 11.6. The van der Waals surface area contributed by atoms with Gasteiger partial charge in [0, 0.05) is 5.02 Å². The van der Waals surface area contributed by atoms with E-state index in [0.717, 1.165) is 18.2 Å². The number of carbonyl (C=O) groups is 1. The first kappa shape index (κ1) is 11.6. The topological polar surface area (TPSA) is 46.5 Å². The number of carboxylic acid groups (broad SMARTS) is 1. The third-order valence-electron chi connectivity index (χ3n) is 1.35. The van der Waals surface area contributed by atoms with Crippen molar-refractivity contribution in [3.05, 3.63) is 28.8 Å². The number of aromatic carboxylic acids is 1. The third-order valence-corrected chi connectivity index (χ3v) is 1.57. The molecule has 1 rings (SSSR count). The van der Waals surface area contributed by atoms with Crippen LogP contribution in [0, 0.1) is 0 Å². The zero-order valence-electron chi connectivity index (χ0n) is 7.01. The maximum absolute atomic E-state index is 11.8. The molecule has 0 aliphatic rings. The zero-order valence-corrected chi connectivity index (χ0v) is 7.76. The van der Waals surface area contributed by atoms with Crippen LogP contribution in [0.4, 0.5) is 13.2 Å². The number of rotatable bonds is 2. The second-order valence-electron chi connectivity index (χ2n) is 2.53. The predicted octanol–water partition coefficient (Wildman–Crippen LogP) is 2.94. The molecule has 0 aromatic heterocycles. The first-order chi connectivity index (χ1) is 6.78. The fourth-order valence-electron chi connectivity index (χ4n) is 0.879. The van der Waals surface area contributed by atoms with E-state index < -0.39 is 18.1 Å². The van der Waals surface area contributed by atoms with Gasteiger partial charge in [-0.2, -0.15) is 0 Å². The lowest BCUT2D eigenvalue weighted by molar-refractivity contribution is -0.274. The van der Waals surface area contributed by atoms with Gasteiger partial charge in [0.25, 0.3) is 0 Å². The minimum atomic E-state index is -4.87. The van der Waals surface area contributed by atoms with Gasteiger partial charge in [-0.1, -0.05) is 11.6 Å². The molecule has 7 heteroatoms. The van der Waals surface area contributed by atoms with Gasteiger partial charge in [0.1, 0.15) is 5.75 Å². The van der Waals surface area contributed by atoms with Crippen molar-refractivity contribution in [3.8, 4) is 5.75 Å². The Labute approximate surface area is 87.0 Å². The van der Waals surface area contributed by atoms with Crippen LogP contribution >= 0.6 is 11.6 Å². The van der Waals surface area contributed by atoms with E-state index >= 15 is 0 Å². The minimum absolute atomic E-state index is 0.144. The van der Waals surface area contributed by atoms with Crippen molar-refractivity contribution in [1.29, 1.82) is 0 Å². The largest absolute Gasteiger partial charge is 0.573 e. The van der Waals surface area contributed by atoms with E-state index in [0.29, 0.717) is 0 Å². The number of ether oxygens (including phenoxy) is 1. The summed E-state index contributed by atoms with van der Waals surface area (Å²) in [6.07, 6.45) is -4.87. The van der Waals surface area contributed by atoms with Crippen LogP contribution in [0.3, 0.4) is 0 Å². The van der Waals surface area contributed by atoms with Gasteiger partial charge in [-0.3, -0.25) is 0 Å². The van der Waals surface area contributed by atoms with Crippen LogP contribution in [0.5, 0.6) is 5.75 Å². The number of halogens is 4. The molecule has 0 unspecified atom stereocenters. The van der Waals surface area contributed by atoms with Crippen LogP contribution < -0.4 is 4.74 Å². The predicted molar refractivity (Wildman–Crippen MR) is 45.1 cm³/mol. The first-order valence-corrected chi connectivity index (χ1v) is 3.95. The van der Waals surface area contributed by atoms with Crippen LogP contribution in [0.15, 0.2) is 18.2 Å². The lowest BCUT2D eigenvalue weighted by Gasteiger charge is -2.09. The molecule has 0 bridgehead atoms. The fraction of sp³-hybridized carbons (Fsp3) is 0.125. The molecule has 0 fully saturated rings. The van der Waals surface area contributed by atoms with Gasteiger partial charge >= 0.3 is 12.3 Å². The minimum Gasteiger partial charge on any atom is -0.478 e. The summed E-state index contributed by atoms with van der Waals surface area (Å²) in [7, 11) is 0. The molecule has 1 N–H and O–H groups in total. The smallest absolute Gasteiger partial charge is 0.478 e. The molecule has 15 heavy (non-hydrogen) atoms. The molecule has 0 radical (unpaired) electrons. The Bertz CT molecular complexity index is 389. The first-order valence-electron chi connectivity index (χ1n) is 3.57. The normalized spacial score (nSPS) is 11.2. The van der Waals surface area contributed by atoms with Crippen LogP contribution in [0.2, 0.25) is 5.02 Å². The summed E-state index contributed by atoms with van der Waals surface area (Å²) in [6, 6.07) is 2.64. The molecule has 0 heterocycles. The highest BCUT2D eigenvalue weighted by molar-refractivity contribution is 6.31. The Hall–Kier alpha value is -1.43. The molecular formula is C8H4ClF3O3. The van der Waals surface area contributed by atoms with Crippen molar-refractivity contribution in [2.75, 3.05) is 0 Å². The standard InChI is InChI=1S/C8H4ClF3O3/c9-5-1-4(7(13)14)2-6(3-5)15-8(10,11)12/h1-3H,(H,13,14). The number of benzene rings is 1. The highest BCUT2D eigenvalue weighted by atomic mass is 35.5. The summed E-state index contributed by atoms with van der Waals surface area (Å²) >= 11 is 5.41. The van der Waals surface area contributed by atoms with Gasteiger partial charge in [0.05, 0.1) is 5.56 Å². The molecular weight excluding hydrogens is 237 g/mol. The molecule has 1 aromatic rings. The summed E-state index contributed by atoms with van der Waals surface area (Å²) in [4.78, 5) is 10.5. The highest BCUT2D eigenvalue weighted by Gasteiger charge is 2.31. The SMILES string of the molecule is O=C(O)c1cc(Cl)cc(OC(F)(F)F)c1. The van der Waals surface area contributed by atoms with Crippen LogP contribution in [-0.2, 0) is 0 Å². The van der Waals surface area contributed by atoms with Crippen molar-refractivity contribution in [2.24, 2.45) is 0 Å². The molecule has 1 aromatic carbocycles. The Morgan fingerprint density at radius 3 is 2.40 bits per heavy atom. The number of hydrogen-bond donors (Lipinski definition) is 1. The summed E-state index contributed by atoms with van der Waals surface area (Å²) in [5.41, 5.74) is -0.373. The number of hydrogen-bond acceptors (Lipinski definition) is 2. The van der Waals surface area contributed by atoms with Crippen molar-refractivity contribution >= 4 is 17.6 Å². The Morgan fingerprint density at radius 1 is 1.33 bits per heavy atom. The van der Waals surface area contributed by atoms with Crippen LogP contribution in [0.25, 0.3) is 0 Å². The summed E-state index contributed by atoms with van der Waals surface area (Å²) in [5, 5.41) is 8.39. The number of alkyl halides is 3. The average molecular weight is 241 g/mol. The molecule has 0 saturated carbocycles. The highest BCUT2D eigenvalue weighted by Crippen LogP contribution is 2.26. The van der Waals surface area contributed by atoms with E-state index in [9.17, 15) is 18.0 Å². The van der Waals surface area contributed by atoms with Crippen LogP contribution in [-0.4, -0.2) is 17.4 Å². The van der Waals surface area contributed by atoms with Crippen molar-refractivity contribution in [3.63, 3.8) is 0 Å². The van der Waals surface area contributed by atoms with Gasteiger partial charge in [0.2, 0.25) is 0 Å². The van der Waals surface area contributed by atoms with Crippen molar-refractivity contribution in [1.82, 2.24) is 0 Å². The third kappa shape index (κ3) is 3.67. The van der Waals surface area contributed by atoms with Gasteiger partial charge in [-0.25, -0.2) is 4.79 Å². The monoisotopic (exact) mass is 240 g/mol. The maximum Gasteiger partial charge on any atom is 0.573 e. The van der Waals surface area contributed by atoms with Crippen molar-refractivity contribution < 1.29 is 27.8 Å². The van der Waals surface area contributed by atoms with E-state index in [2.05, 4.69) is 4.74 Å². The molecule has 82 valence electrons. The number of carboxylic acids is 1. The Balaban J connectivity index is 3.04. The second kappa shape index (κ2) is 3.98. The van der Waals surface area contributed by atoms with E-state index in [1.807, 2.05) is 0 Å². The molecule has 0 atom stereocenters. The lowest BCUT2D eigenvalue weighted by atomic mass is 10.2. The Kier molecular flexibility index (Phi) is 3.09. The quantitative estimate of drug-likeness (QED) is 0.864. The van der Waals surface area contributed by atoms with E-state index in [1.54, 1.807) is 0 Å². The summed E-state index contributed by atoms with van der Waals surface area (Å²) < 4.78 is 38.9. The molecule has 0 aliphatic carbocycles. The van der Waals surface area contributed by atoms with Crippen LogP contribution in [0.1, 0.15) is 10.4 Å². The molecule has 0 aliphatic heterocycles. The molecule has 0 saturated heterocycles. The van der Waals surface area contributed by atoms with Gasteiger partial charge in [0.15, 0.2) is 0 Å². The van der Waals surface area contributed by atoms with E-state index in [4.69, 9.17) is 16.7 Å². The summed E-state index contributed by atoms with van der Waals surface area (Å²) in [6.45, 7) is 0. The van der Waals surface area contributed by atoms with Gasteiger partial charge < -0.3 is 9.84 Å². The van der Waals surface area contributed by atoms with E-state index in [1.165, 1.54) is 0 Å². The summed E-state index contributed by atoms with van der Waals surface area (Å²) in [5.74, 6) is -2.04. The Morgan fingerprint density at radius 2 is 1.93 bits per heavy atom.